The molecule has 0 radical (unpaired) electrons. The average Bonchev–Trinajstić information content (AvgIpc) is 3.13. The molecule has 0 aromatic heterocycles. The van der Waals surface area contributed by atoms with Gasteiger partial charge in [0.05, 0.1) is 22.3 Å². The van der Waals surface area contributed by atoms with Gasteiger partial charge in [0, 0.05) is 13.1 Å². The number of carbonyl (C=O) groups is 1. The van der Waals surface area contributed by atoms with Crippen LogP contribution < -0.4 is 10.6 Å². The number of rotatable bonds is 4. The molecule has 4 nitrogen and oxygen atoms in total. The van der Waals surface area contributed by atoms with Crippen LogP contribution in [0.3, 0.4) is 0 Å². The number of hydrogen-bond acceptors (Lipinski definition) is 2. The number of amides is 1. The molecule has 3 rings (SSSR count). The van der Waals surface area contributed by atoms with Crippen molar-refractivity contribution in [3.63, 3.8) is 0 Å². The number of halogens is 2. The highest BCUT2D eigenvalue weighted by molar-refractivity contribution is 7.80. The van der Waals surface area contributed by atoms with Crippen LogP contribution in [-0.4, -0.2) is 35.6 Å². The third kappa shape index (κ3) is 3.95. The number of carbonyl (C=O) groups excluding carboxylic acids is 1. The topological polar surface area (TPSA) is 44.4 Å². The fourth-order valence-corrected chi connectivity index (χ4v) is 4.48. The van der Waals surface area contributed by atoms with Crippen molar-refractivity contribution < 1.29 is 4.79 Å². The molecular weight excluding hydrogens is 365 g/mol. The standard InChI is InChI=1S/C17H21Cl2N3OS/c1-22(17(24)20-14-8-10-5-6-11(14)7-10)9-15(23)21-16-12(18)3-2-4-13(16)19/h2-4,10-11,14H,5-9H2,1H3,(H,20,24)(H,21,23)/t10-,11+,14-/m0/s1. The van der Waals surface area contributed by atoms with Gasteiger partial charge in [-0.3, -0.25) is 4.79 Å². The molecule has 2 bridgehead atoms. The first-order valence-electron chi connectivity index (χ1n) is 8.19. The molecule has 2 N–H and O–H groups in total. The number of likely N-dealkylation sites (N-methyl/N-ethyl adjacent to an activating group) is 1. The van der Waals surface area contributed by atoms with E-state index in [1.807, 2.05) is 7.05 Å². The number of para-hydroxylation sites is 1. The van der Waals surface area contributed by atoms with E-state index in [-0.39, 0.29) is 12.5 Å². The second kappa shape index (κ2) is 7.46. The largest absolute Gasteiger partial charge is 0.360 e. The smallest absolute Gasteiger partial charge is 0.244 e. The molecule has 1 aromatic carbocycles. The molecule has 3 atom stereocenters. The first-order chi connectivity index (χ1) is 11.4. The van der Waals surface area contributed by atoms with Crippen molar-refractivity contribution in [1.82, 2.24) is 10.2 Å². The summed E-state index contributed by atoms with van der Waals surface area (Å²) in [5.74, 6) is 1.38. The molecule has 0 aliphatic heterocycles. The minimum absolute atomic E-state index is 0.147. The van der Waals surface area contributed by atoms with E-state index in [0.717, 1.165) is 11.8 Å². The Morgan fingerprint density at radius 2 is 2.00 bits per heavy atom. The van der Waals surface area contributed by atoms with Crippen LogP contribution in [0, 0.1) is 11.8 Å². The van der Waals surface area contributed by atoms with Gasteiger partial charge in [0.15, 0.2) is 5.11 Å². The zero-order chi connectivity index (χ0) is 17.3. The summed E-state index contributed by atoms with van der Waals surface area (Å²) in [5.41, 5.74) is 0.436. The number of benzene rings is 1. The monoisotopic (exact) mass is 385 g/mol. The van der Waals surface area contributed by atoms with Gasteiger partial charge in [-0.2, -0.15) is 0 Å². The fourth-order valence-electron chi connectivity index (χ4n) is 3.77. The number of fused-ring (bicyclic) bond motifs is 2. The maximum absolute atomic E-state index is 12.2. The molecule has 24 heavy (non-hydrogen) atoms. The molecule has 0 heterocycles. The summed E-state index contributed by atoms with van der Waals surface area (Å²) in [7, 11) is 1.82. The first kappa shape index (κ1) is 17.8. The highest BCUT2D eigenvalue weighted by Crippen LogP contribution is 2.44. The van der Waals surface area contributed by atoms with E-state index in [1.54, 1.807) is 23.1 Å². The van der Waals surface area contributed by atoms with Crippen LogP contribution in [0.4, 0.5) is 5.69 Å². The van der Waals surface area contributed by atoms with E-state index >= 15 is 0 Å². The number of nitrogens with zero attached hydrogens (tertiary/aromatic N) is 1. The van der Waals surface area contributed by atoms with Gasteiger partial charge in [0.2, 0.25) is 5.91 Å². The van der Waals surface area contributed by atoms with E-state index in [0.29, 0.717) is 26.9 Å². The second-order valence-corrected chi connectivity index (χ2v) is 7.93. The van der Waals surface area contributed by atoms with Crippen molar-refractivity contribution >= 4 is 52.1 Å². The van der Waals surface area contributed by atoms with Gasteiger partial charge in [-0.25, -0.2) is 0 Å². The van der Waals surface area contributed by atoms with Gasteiger partial charge in [0.25, 0.3) is 0 Å². The lowest BCUT2D eigenvalue weighted by Gasteiger charge is -2.28. The van der Waals surface area contributed by atoms with Crippen LogP contribution in [0.15, 0.2) is 18.2 Å². The third-order valence-electron chi connectivity index (χ3n) is 5.00. The highest BCUT2D eigenvalue weighted by atomic mass is 35.5. The summed E-state index contributed by atoms with van der Waals surface area (Å²) in [4.78, 5) is 14.0. The maximum atomic E-state index is 12.2. The molecule has 2 aliphatic carbocycles. The lowest BCUT2D eigenvalue weighted by molar-refractivity contribution is -0.116. The molecular formula is C17H21Cl2N3OS. The predicted octanol–water partition coefficient (Wildman–Crippen LogP) is 3.93. The van der Waals surface area contributed by atoms with Crippen LogP contribution >= 0.6 is 35.4 Å². The van der Waals surface area contributed by atoms with Crippen molar-refractivity contribution in [2.75, 3.05) is 18.9 Å². The van der Waals surface area contributed by atoms with Crippen LogP contribution in [0.1, 0.15) is 25.7 Å². The summed E-state index contributed by atoms with van der Waals surface area (Å²) < 4.78 is 0. The molecule has 1 amide bonds. The van der Waals surface area contributed by atoms with Crippen LogP contribution in [0.25, 0.3) is 0 Å². The summed E-state index contributed by atoms with van der Waals surface area (Å²) in [6.07, 6.45) is 5.15. The average molecular weight is 386 g/mol. The Labute approximate surface area is 157 Å². The van der Waals surface area contributed by atoms with Gasteiger partial charge in [-0.15, -0.1) is 0 Å². The van der Waals surface area contributed by atoms with Crippen molar-refractivity contribution in [3.05, 3.63) is 28.2 Å². The van der Waals surface area contributed by atoms with E-state index in [2.05, 4.69) is 10.6 Å². The fraction of sp³-hybridized carbons (Fsp3) is 0.529. The molecule has 2 fully saturated rings. The van der Waals surface area contributed by atoms with E-state index in [4.69, 9.17) is 35.4 Å². The summed E-state index contributed by atoms with van der Waals surface area (Å²) >= 11 is 17.6. The molecule has 130 valence electrons. The Morgan fingerprint density at radius 1 is 1.29 bits per heavy atom. The summed E-state index contributed by atoms with van der Waals surface area (Å²) in [6, 6.07) is 5.57. The zero-order valence-electron chi connectivity index (χ0n) is 13.5. The molecule has 2 aliphatic rings. The van der Waals surface area contributed by atoms with Gasteiger partial charge >= 0.3 is 0 Å². The lowest BCUT2D eigenvalue weighted by Crippen LogP contribution is -2.47. The number of thiocarbonyl (C=S) groups is 1. The van der Waals surface area contributed by atoms with Crippen LogP contribution in [-0.2, 0) is 4.79 Å². The zero-order valence-corrected chi connectivity index (χ0v) is 15.8. The molecule has 0 spiro atoms. The Morgan fingerprint density at radius 3 is 2.58 bits per heavy atom. The molecule has 7 heteroatoms. The van der Waals surface area contributed by atoms with Crippen molar-refractivity contribution in [1.29, 1.82) is 0 Å². The summed E-state index contributed by atoms with van der Waals surface area (Å²) in [6.45, 7) is 0.147. The van der Waals surface area contributed by atoms with Crippen molar-refractivity contribution in [3.8, 4) is 0 Å². The van der Waals surface area contributed by atoms with Gasteiger partial charge in [-0.05, 0) is 55.4 Å². The molecule has 1 aromatic rings. The number of nitrogens with one attached hydrogen (secondary N) is 2. The van der Waals surface area contributed by atoms with Crippen molar-refractivity contribution in [2.24, 2.45) is 11.8 Å². The predicted molar refractivity (Wildman–Crippen MR) is 103 cm³/mol. The van der Waals surface area contributed by atoms with Crippen molar-refractivity contribution in [2.45, 2.75) is 31.7 Å². The lowest BCUT2D eigenvalue weighted by atomic mass is 9.95. The molecule has 0 saturated heterocycles. The van der Waals surface area contributed by atoms with Gasteiger partial charge in [0.1, 0.15) is 0 Å². The quantitative estimate of drug-likeness (QED) is 0.770. The summed E-state index contributed by atoms with van der Waals surface area (Å²) in [5, 5.41) is 7.63. The number of anilines is 1. The van der Waals surface area contributed by atoms with Crippen LogP contribution in [0.2, 0.25) is 10.0 Å². The Kier molecular flexibility index (Phi) is 5.52. The Balaban J connectivity index is 1.51. The molecule has 2 saturated carbocycles. The van der Waals surface area contributed by atoms with Gasteiger partial charge in [-0.1, -0.05) is 35.7 Å². The number of hydrogen-bond donors (Lipinski definition) is 2. The highest BCUT2D eigenvalue weighted by Gasteiger charge is 2.39. The Hall–Kier alpha value is -1.04. The maximum Gasteiger partial charge on any atom is 0.244 e. The van der Waals surface area contributed by atoms with E-state index in [9.17, 15) is 4.79 Å². The molecule has 0 unspecified atom stereocenters. The van der Waals surface area contributed by atoms with E-state index in [1.165, 1.54) is 25.7 Å². The normalized spacial score (nSPS) is 24.7. The van der Waals surface area contributed by atoms with E-state index < -0.39 is 0 Å². The van der Waals surface area contributed by atoms with Crippen LogP contribution in [0.5, 0.6) is 0 Å². The third-order valence-corrected chi connectivity index (χ3v) is 6.06. The second-order valence-electron chi connectivity index (χ2n) is 6.73. The SMILES string of the molecule is CN(CC(=O)Nc1c(Cl)cccc1Cl)C(=S)N[C@H]1C[C@H]2CC[C@@H]1C2. The Bertz CT molecular complexity index is 634. The first-order valence-corrected chi connectivity index (χ1v) is 9.36. The van der Waals surface area contributed by atoms with Gasteiger partial charge < -0.3 is 15.5 Å². The minimum atomic E-state index is -0.204. The minimum Gasteiger partial charge on any atom is -0.360 e.